The van der Waals surface area contributed by atoms with Gasteiger partial charge in [-0.25, -0.2) is 9.97 Å². The number of imidazole rings is 1. The summed E-state index contributed by atoms with van der Waals surface area (Å²) in [4.78, 5) is 8.28. The fraction of sp³-hybridized carbons (Fsp3) is 0. The van der Waals surface area contributed by atoms with Crippen LogP contribution in [-0.2, 0) is 0 Å². The van der Waals surface area contributed by atoms with E-state index < -0.39 is 0 Å². The Bertz CT molecular complexity index is 413. The quantitative estimate of drug-likeness (QED) is 0.639. The molecule has 0 amide bonds. The van der Waals surface area contributed by atoms with E-state index in [1.54, 1.807) is 12.4 Å². The first-order valence-corrected chi connectivity index (χ1v) is 5.04. The van der Waals surface area contributed by atoms with Gasteiger partial charge in [0.1, 0.15) is 3.70 Å². The Hall–Kier alpha value is -0.370. The van der Waals surface area contributed by atoms with Crippen molar-refractivity contribution in [2.24, 2.45) is 0 Å². The molecule has 62 valence electrons. The van der Waals surface area contributed by atoms with Crippen LogP contribution in [0.4, 0.5) is 5.82 Å². The van der Waals surface area contributed by atoms with Crippen LogP contribution in [0.3, 0.4) is 0 Å². The molecule has 2 rings (SSSR count). The number of aromatic nitrogens is 3. The van der Waals surface area contributed by atoms with E-state index in [0.29, 0.717) is 0 Å². The smallest absolute Gasteiger partial charge is 0.181 e. The van der Waals surface area contributed by atoms with Gasteiger partial charge in [-0.05, 0) is 22.6 Å². The molecule has 0 aliphatic rings. The highest BCUT2D eigenvalue weighted by molar-refractivity contribution is 14.1. The zero-order valence-corrected chi connectivity index (χ0v) is 9.57. The third kappa shape index (κ3) is 1.18. The average Bonchev–Trinajstić information content (AvgIpc) is 2.48. The van der Waals surface area contributed by atoms with Gasteiger partial charge in [-0.2, -0.15) is 0 Å². The predicted molar refractivity (Wildman–Crippen MR) is 58.3 cm³/mol. The number of anilines is 1. The molecule has 0 bridgehead atoms. The second kappa shape index (κ2) is 3.17. The van der Waals surface area contributed by atoms with Gasteiger partial charge in [0.25, 0.3) is 0 Å². The third-order valence-corrected chi connectivity index (χ3v) is 2.65. The van der Waals surface area contributed by atoms with E-state index >= 15 is 0 Å². The number of nitrogens with zero attached hydrogens (tertiary/aromatic N) is 3. The van der Waals surface area contributed by atoms with Gasteiger partial charge >= 0.3 is 0 Å². The minimum absolute atomic E-state index is 0.723. The largest absolute Gasteiger partial charge is 0.304 e. The molecule has 0 radical (unpaired) electrons. The summed E-state index contributed by atoms with van der Waals surface area (Å²) in [5, 5.41) is 0. The van der Waals surface area contributed by atoms with E-state index in [0.717, 1.165) is 15.2 Å². The molecule has 0 atom stereocenters. The summed E-state index contributed by atoms with van der Waals surface area (Å²) < 4.78 is 5.82. The lowest BCUT2D eigenvalue weighted by Gasteiger charge is -1.98. The van der Waals surface area contributed by atoms with Gasteiger partial charge in [0, 0.05) is 28.5 Å². The van der Waals surface area contributed by atoms with Crippen LogP contribution >= 0.6 is 38.7 Å². The minimum atomic E-state index is 0.723. The maximum Gasteiger partial charge on any atom is 0.181 e. The SMILES string of the molecule is BrNc1nccn2c(I)cnc12. The summed E-state index contributed by atoms with van der Waals surface area (Å²) in [6.07, 6.45) is 5.39. The topological polar surface area (TPSA) is 42.2 Å². The number of rotatable bonds is 1. The molecule has 0 unspecified atom stereocenters. The van der Waals surface area contributed by atoms with Crippen LogP contribution in [0, 0.1) is 3.70 Å². The summed E-state index contributed by atoms with van der Waals surface area (Å²) >= 11 is 5.34. The summed E-state index contributed by atoms with van der Waals surface area (Å²) in [7, 11) is 0. The van der Waals surface area contributed by atoms with Crippen molar-refractivity contribution in [1.82, 2.24) is 14.4 Å². The molecule has 1 N–H and O–H groups in total. The van der Waals surface area contributed by atoms with Crippen LogP contribution < -0.4 is 4.34 Å². The summed E-state index contributed by atoms with van der Waals surface area (Å²) in [6, 6.07) is 0. The first-order valence-electron chi connectivity index (χ1n) is 3.17. The number of halogens is 2. The Labute approximate surface area is 90.9 Å². The Morgan fingerprint density at radius 1 is 1.50 bits per heavy atom. The number of fused-ring (bicyclic) bond motifs is 1. The molecule has 0 spiro atoms. The normalized spacial score (nSPS) is 10.5. The van der Waals surface area contributed by atoms with Gasteiger partial charge in [0.15, 0.2) is 11.5 Å². The monoisotopic (exact) mass is 338 g/mol. The lowest BCUT2D eigenvalue weighted by atomic mass is 10.6. The first kappa shape index (κ1) is 8.24. The fourth-order valence-electron chi connectivity index (χ4n) is 0.956. The zero-order chi connectivity index (χ0) is 8.55. The van der Waals surface area contributed by atoms with Crippen LogP contribution in [-0.4, -0.2) is 14.4 Å². The van der Waals surface area contributed by atoms with E-state index in [4.69, 9.17) is 0 Å². The van der Waals surface area contributed by atoms with Gasteiger partial charge in [-0.15, -0.1) is 0 Å². The van der Waals surface area contributed by atoms with Gasteiger partial charge in [-0.1, -0.05) is 0 Å². The summed E-state index contributed by atoms with van der Waals surface area (Å²) in [6.45, 7) is 0. The molecule has 2 aromatic rings. The molecule has 6 heteroatoms. The molecular formula is C6H4BrIN4. The van der Waals surface area contributed by atoms with Crippen LogP contribution in [0.1, 0.15) is 0 Å². The highest BCUT2D eigenvalue weighted by Gasteiger charge is 2.04. The zero-order valence-electron chi connectivity index (χ0n) is 5.83. The Balaban J connectivity index is 2.81. The van der Waals surface area contributed by atoms with Crippen molar-refractivity contribution in [3.05, 3.63) is 22.3 Å². The third-order valence-electron chi connectivity index (χ3n) is 1.47. The van der Waals surface area contributed by atoms with Crippen LogP contribution in [0.15, 0.2) is 18.6 Å². The highest BCUT2D eigenvalue weighted by atomic mass is 127. The van der Waals surface area contributed by atoms with Crippen molar-refractivity contribution in [2.45, 2.75) is 0 Å². The molecule has 2 aromatic heterocycles. The van der Waals surface area contributed by atoms with Crippen molar-refractivity contribution in [3.63, 3.8) is 0 Å². The summed E-state index contributed by atoms with van der Waals surface area (Å²) in [5.74, 6) is 0.723. The molecule has 0 aliphatic carbocycles. The van der Waals surface area contributed by atoms with Crippen molar-refractivity contribution in [2.75, 3.05) is 4.34 Å². The van der Waals surface area contributed by atoms with Crippen LogP contribution in [0.5, 0.6) is 0 Å². The maximum atomic E-state index is 4.19. The van der Waals surface area contributed by atoms with Gasteiger partial charge in [0.2, 0.25) is 0 Å². The van der Waals surface area contributed by atoms with E-state index in [1.165, 1.54) is 0 Å². The van der Waals surface area contributed by atoms with Gasteiger partial charge in [-0.3, -0.25) is 4.40 Å². The average molecular weight is 339 g/mol. The molecule has 0 fully saturated rings. The molecule has 4 nitrogen and oxygen atoms in total. The van der Waals surface area contributed by atoms with Gasteiger partial charge < -0.3 is 4.34 Å². The molecule has 0 saturated carbocycles. The number of nitrogens with one attached hydrogen (secondary N) is 1. The Morgan fingerprint density at radius 3 is 3.08 bits per heavy atom. The summed E-state index contributed by atoms with van der Waals surface area (Å²) in [5.41, 5.74) is 0.818. The molecule has 0 saturated heterocycles. The Kier molecular flexibility index (Phi) is 2.18. The van der Waals surface area contributed by atoms with Crippen LogP contribution in [0.25, 0.3) is 5.65 Å². The molecule has 0 aliphatic heterocycles. The Morgan fingerprint density at radius 2 is 2.33 bits per heavy atom. The van der Waals surface area contributed by atoms with E-state index in [1.807, 2.05) is 10.6 Å². The number of hydrogen-bond acceptors (Lipinski definition) is 3. The van der Waals surface area contributed by atoms with Crippen molar-refractivity contribution in [1.29, 1.82) is 0 Å². The van der Waals surface area contributed by atoms with Gasteiger partial charge in [0.05, 0.1) is 6.20 Å². The molecule has 0 aromatic carbocycles. The lowest BCUT2D eigenvalue weighted by molar-refractivity contribution is 1.11. The molecular weight excluding hydrogens is 335 g/mol. The van der Waals surface area contributed by atoms with Crippen molar-refractivity contribution in [3.8, 4) is 0 Å². The molecule has 12 heavy (non-hydrogen) atoms. The highest BCUT2D eigenvalue weighted by Crippen LogP contribution is 2.15. The van der Waals surface area contributed by atoms with E-state index in [-0.39, 0.29) is 0 Å². The van der Waals surface area contributed by atoms with Crippen molar-refractivity contribution < 1.29 is 0 Å². The van der Waals surface area contributed by atoms with E-state index in [9.17, 15) is 0 Å². The second-order valence-electron chi connectivity index (χ2n) is 2.14. The van der Waals surface area contributed by atoms with Crippen molar-refractivity contribution >= 4 is 50.2 Å². The maximum absolute atomic E-state index is 4.19. The molecule has 2 heterocycles. The minimum Gasteiger partial charge on any atom is -0.304 e. The number of hydrogen-bond donors (Lipinski definition) is 1. The second-order valence-corrected chi connectivity index (χ2v) is 3.65. The lowest BCUT2D eigenvalue weighted by Crippen LogP contribution is -1.93. The predicted octanol–water partition coefficient (Wildman–Crippen LogP) is 2.06. The standard InChI is InChI=1S/C6H4BrIN4/c7-11-5-6-10-3-4(8)12(6)2-1-9-5/h1-3H,(H,9,11). The van der Waals surface area contributed by atoms with E-state index in [2.05, 4.69) is 53.0 Å². The van der Waals surface area contributed by atoms with Crippen LogP contribution in [0.2, 0.25) is 0 Å². The fourth-order valence-corrected chi connectivity index (χ4v) is 1.76. The first-order chi connectivity index (χ1) is 5.83.